The highest BCUT2D eigenvalue weighted by Gasteiger charge is 2.08. The number of hydrazone groups is 1. The molecule has 0 aliphatic carbocycles. The van der Waals surface area contributed by atoms with Crippen LogP contribution >= 0.6 is 11.3 Å². The SMILES string of the molecule is Cc1sc(N/N=C\c2ccccc2F)nc1-c1ccccc1. The summed E-state index contributed by atoms with van der Waals surface area (Å²) in [6.07, 6.45) is 1.45. The lowest BCUT2D eigenvalue weighted by Crippen LogP contribution is -1.92. The highest BCUT2D eigenvalue weighted by atomic mass is 32.1. The van der Waals surface area contributed by atoms with E-state index in [9.17, 15) is 4.39 Å². The highest BCUT2D eigenvalue weighted by Crippen LogP contribution is 2.30. The first-order chi connectivity index (χ1) is 10.7. The number of thiazole rings is 1. The Bertz CT molecular complexity index is 797. The van der Waals surface area contributed by atoms with E-state index in [-0.39, 0.29) is 5.82 Å². The van der Waals surface area contributed by atoms with Crippen molar-refractivity contribution >= 4 is 22.7 Å². The predicted molar refractivity (Wildman–Crippen MR) is 89.9 cm³/mol. The molecule has 5 heteroatoms. The summed E-state index contributed by atoms with van der Waals surface area (Å²) in [6, 6.07) is 16.5. The van der Waals surface area contributed by atoms with Gasteiger partial charge >= 0.3 is 0 Å². The molecule has 2 aromatic carbocycles. The molecule has 3 aromatic rings. The zero-order valence-corrected chi connectivity index (χ0v) is 12.8. The van der Waals surface area contributed by atoms with Crippen molar-refractivity contribution in [3.05, 3.63) is 70.9 Å². The molecule has 0 unspecified atom stereocenters. The molecule has 0 amide bonds. The zero-order chi connectivity index (χ0) is 15.4. The summed E-state index contributed by atoms with van der Waals surface area (Å²) in [5.74, 6) is -0.298. The standard InChI is InChI=1S/C17H14FN3S/c1-12-16(13-7-3-2-4-8-13)20-17(22-12)21-19-11-14-9-5-6-10-15(14)18/h2-11H,1H3,(H,20,21)/b19-11-. The molecule has 110 valence electrons. The minimum atomic E-state index is -0.298. The zero-order valence-electron chi connectivity index (χ0n) is 12.0. The maximum atomic E-state index is 13.5. The highest BCUT2D eigenvalue weighted by molar-refractivity contribution is 7.15. The Kier molecular flexibility index (Phi) is 4.25. The lowest BCUT2D eigenvalue weighted by Gasteiger charge is -1.97. The summed E-state index contributed by atoms with van der Waals surface area (Å²) in [6.45, 7) is 2.02. The van der Waals surface area contributed by atoms with Crippen LogP contribution < -0.4 is 5.43 Å². The van der Waals surface area contributed by atoms with Crippen molar-refractivity contribution in [1.29, 1.82) is 0 Å². The molecule has 0 aliphatic heterocycles. The van der Waals surface area contributed by atoms with Gasteiger partial charge < -0.3 is 0 Å². The van der Waals surface area contributed by atoms with Crippen molar-refractivity contribution in [3.63, 3.8) is 0 Å². The number of anilines is 1. The Hall–Kier alpha value is -2.53. The molecule has 3 rings (SSSR count). The second-order valence-corrected chi connectivity index (χ2v) is 5.88. The van der Waals surface area contributed by atoms with Gasteiger partial charge in [-0.05, 0) is 13.0 Å². The van der Waals surface area contributed by atoms with E-state index in [0.717, 1.165) is 16.1 Å². The van der Waals surface area contributed by atoms with Crippen molar-refractivity contribution in [2.24, 2.45) is 5.10 Å². The fourth-order valence-electron chi connectivity index (χ4n) is 2.04. The fraction of sp³-hybridized carbons (Fsp3) is 0.0588. The lowest BCUT2D eigenvalue weighted by atomic mass is 10.1. The van der Waals surface area contributed by atoms with Gasteiger partial charge in [-0.1, -0.05) is 48.5 Å². The van der Waals surface area contributed by atoms with Gasteiger partial charge in [-0.3, -0.25) is 5.43 Å². The molecule has 22 heavy (non-hydrogen) atoms. The van der Waals surface area contributed by atoms with E-state index < -0.39 is 0 Å². The number of hydrogen-bond donors (Lipinski definition) is 1. The van der Waals surface area contributed by atoms with E-state index in [4.69, 9.17) is 0 Å². The normalized spacial score (nSPS) is 11.0. The van der Waals surface area contributed by atoms with Crippen LogP contribution in [0.4, 0.5) is 9.52 Å². The van der Waals surface area contributed by atoms with E-state index in [1.54, 1.807) is 18.2 Å². The Morgan fingerprint density at radius 1 is 1.09 bits per heavy atom. The summed E-state index contributed by atoms with van der Waals surface area (Å²) in [7, 11) is 0. The Morgan fingerprint density at radius 2 is 1.82 bits per heavy atom. The minimum Gasteiger partial charge on any atom is -0.253 e. The maximum Gasteiger partial charge on any atom is 0.204 e. The van der Waals surface area contributed by atoms with Crippen molar-refractivity contribution in [1.82, 2.24) is 4.98 Å². The van der Waals surface area contributed by atoms with Crippen LogP contribution in [0.5, 0.6) is 0 Å². The van der Waals surface area contributed by atoms with Gasteiger partial charge in [-0.25, -0.2) is 9.37 Å². The molecule has 0 spiro atoms. The van der Waals surface area contributed by atoms with Crippen LogP contribution in [-0.2, 0) is 0 Å². The Labute approximate surface area is 132 Å². The number of nitrogens with one attached hydrogen (secondary N) is 1. The van der Waals surface area contributed by atoms with Crippen LogP contribution in [0, 0.1) is 12.7 Å². The van der Waals surface area contributed by atoms with E-state index in [1.165, 1.54) is 23.6 Å². The first kappa shape index (κ1) is 14.4. The van der Waals surface area contributed by atoms with Crippen LogP contribution in [0.3, 0.4) is 0 Å². The minimum absolute atomic E-state index is 0.298. The molecular weight excluding hydrogens is 297 g/mol. The second-order valence-electron chi connectivity index (χ2n) is 4.68. The van der Waals surface area contributed by atoms with Crippen LogP contribution in [0.1, 0.15) is 10.4 Å². The molecule has 0 saturated carbocycles. The van der Waals surface area contributed by atoms with Gasteiger partial charge in [0.2, 0.25) is 5.13 Å². The number of hydrogen-bond acceptors (Lipinski definition) is 4. The quantitative estimate of drug-likeness (QED) is 0.560. The molecular formula is C17H14FN3S. The van der Waals surface area contributed by atoms with E-state index >= 15 is 0 Å². The molecule has 0 aliphatic rings. The third-order valence-electron chi connectivity index (χ3n) is 3.11. The van der Waals surface area contributed by atoms with Gasteiger partial charge in [-0.15, -0.1) is 11.3 Å². The monoisotopic (exact) mass is 311 g/mol. The lowest BCUT2D eigenvalue weighted by molar-refractivity contribution is 0.626. The number of halogens is 1. The largest absolute Gasteiger partial charge is 0.253 e. The first-order valence-electron chi connectivity index (χ1n) is 6.80. The third-order valence-corrected chi connectivity index (χ3v) is 3.99. The summed E-state index contributed by atoms with van der Waals surface area (Å²) in [5, 5.41) is 4.74. The average Bonchev–Trinajstić information content (AvgIpc) is 2.91. The van der Waals surface area contributed by atoms with Gasteiger partial charge in [0.15, 0.2) is 0 Å². The molecule has 1 aromatic heterocycles. The molecule has 0 atom stereocenters. The summed E-state index contributed by atoms with van der Waals surface area (Å²) in [4.78, 5) is 5.64. The Morgan fingerprint density at radius 3 is 2.59 bits per heavy atom. The third kappa shape index (κ3) is 3.20. The fourth-order valence-corrected chi connectivity index (χ4v) is 2.83. The van der Waals surface area contributed by atoms with Crippen LogP contribution in [-0.4, -0.2) is 11.2 Å². The van der Waals surface area contributed by atoms with Crippen LogP contribution in [0.25, 0.3) is 11.3 Å². The summed E-state index contributed by atoms with van der Waals surface area (Å²) in [5.41, 5.74) is 5.31. The summed E-state index contributed by atoms with van der Waals surface area (Å²) >= 11 is 1.52. The topological polar surface area (TPSA) is 37.3 Å². The molecule has 1 N–H and O–H groups in total. The van der Waals surface area contributed by atoms with E-state index in [1.807, 2.05) is 37.3 Å². The molecule has 0 saturated heterocycles. The van der Waals surface area contributed by atoms with Gasteiger partial charge in [0.05, 0.1) is 11.9 Å². The maximum absolute atomic E-state index is 13.5. The molecule has 1 heterocycles. The smallest absolute Gasteiger partial charge is 0.204 e. The average molecular weight is 311 g/mol. The van der Waals surface area contributed by atoms with Gasteiger partial charge in [0, 0.05) is 16.0 Å². The van der Waals surface area contributed by atoms with Gasteiger partial charge in [-0.2, -0.15) is 5.10 Å². The molecule has 0 bridgehead atoms. The number of aromatic nitrogens is 1. The van der Waals surface area contributed by atoms with Crippen molar-refractivity contribution in [3.8, 4) is 11.3 Å². The van der Waals surface area contributed by atoms with Crippen molar-refractivity contribution in [2.45, 2.75) is 6.92 Å². The van der Waals surface area contributed by atoms with Gasteiger partial charge in [0.25, 0.3) is 0 Å². The summed E-state index contributed by atoms with van der Waals surface area (Å²) < 4.78 is 13.5. The number of nitrogens with zero attached hydrogens (tertiary/aromatic N) is 2. The predicted octanol–water partition coefficient (Wildman–Crippen LogP) is 4.70. The molecule has 0 radical (unpaired) electrons. The second kappa shape index (κ2) is 6.49. The van der Waals surface area contributed by atoms with Crippen molar-refractivity contribution < 1.29 is 4.39 Å². The van der Waals surface area contributed by atoms with Crippen molar-refractivity contribution in [2.75, 3.05) is 5.43 Å². The first-order valence-corrected chi connectivity index (χ1v) is 7.62. The number of benzene rings is 2. The van der Waals surface area contributed by atoms with Crippen LogP contribution in [0.15, 0.2) is 59.7 Å². The Balaban J connectivity index is 1.76. The van der Waals surface area contributed by atoms with E-state index in [0.29, 0.717) is 10.7 Å². The van der Waals surface area contributed by atoms with Gasteiger partial charge in [0.1, 0.15) is 5.82 Å². The number of aryl methyl sites for hydroxylation is 1. The van der Waals surface area contributed by atoms with Crippen LogP contribution in [0.2, 0.25) is 0 Å². The van der Waals surface area contributed by atoms with E-state index in [2.05, 4.69) is 15.5 Å². The molecule has 3 nitrogen and oxygen atoms in total. The molecule has 0 fully saturated rings. The number of rotatable bonds is 4.